The van der Waals surface area contributed by atoms with Crippen LogP contribution in [-0.4, -0.2) is 34.8 Å². The maximum absolute atomic E-state index is 11.8. The van der Waals surface area contributed by atoms with E-state index in [4.69, 9.17) is 9.47 Å². The minimum absolute atomic E-state index is 0.351. The smallest absolute Gasteiger partial charge is 0.341 e. The molecule has 0 bridgehead atoms. The van der Waals surface area contributed by atoms with Crippen LogP contribution in [0.3, 0.4) is 0 Å². The van der Waals surface area contributed by atoms with E-state index in [9.17, 15) is 4.79 Å². The van der Waals surface area contributed by atoms with Crippen LogP contribution < -0.4 is 0 Å². The number of nitrogens with zero attached hydrogens (tertiary/aromatic N) is 2. The van der Waals surface area contributed by atoms with Crippen LogP contribution in [0.1, 0.15) is 37.6 Å². The van der Waals surface area contributed by atoms with Crippen LogP contribution in [0.5, 0.6) is 0 Å². The fraction of sp³-hybridized carbons (Fsp3) is 0.583. The van der Waals surface area contributed by atoms with E-state index >= 15 is 0 Å². The number of hydrogen-bond acceptors (Lipinski definition) is 5. The largest absolute Gasteiger partial charge is 0.453 e. The molecule has 1 heterocycles. The molecule has 1 atom stereocenters. The number of hydrogen-bond donors (Lipinski definition) is 0. The van der Waals surface area contributed by atoms with Crippen LogP contribution >= 0.6 is 0 Å². The topological polar surface area (TPSA) is 61.3 Å². The summed E-state index contributed by atoms with van der Waals surface area (Å²) in [6.45, 7) is 6.70. The van der Waals surface area contributed by atoms with Gasteiger partial charge in [0, 0.05) is 19.0 Å². The lowest BCUT2D eigenvalue weighted by atomic mass is 10.0. The van der Waals surface area contributed by atoms with Crippen LogP contribution in [-0.2, 0) is 9.47 Å². The fourth-order valence-corrected chi connectivity index (χ4v) is 1.21. The number of carbonyl (C=O) groups excluding carboxylic acids is 1. The highest BCUT2D eigenvalue weighted by atomic mass is 16.6. The lowest BCUT2D eigenvalue weighted by Gasteiger charge is -2.27. The maximum Gasteiger partial charge on any atom is 0.341 e. The van der Waals surface area contributed by atoms with Crippen molar-refractivity contribution >= 4 is 5.97 Å². The Morgan fingerprint density at radius 3 is 2.53 bits per heavy atom. The van der Waals surface area contributed by atoms with Crippen molar-refractivity contribution in [3.05, 3.63) is 24.3 Å². The van der Waals surface area contributed by atoms with Crippen LogP contribution in [0.4, 0.5) is 0 Å². The molecule has 0 saturated heterocycles. The highest BCUT2D eigenvalue weighted by Crippen LogP contribution is 2.17. The predicted molar refractivity (Wildman–Crippen MR) is 62.6 cm³/mol. The van der Waals surface area contributed by atoms with E-state index in [0.717, 1.165) is 0 Å². The van der Waals surface area contributed by atoms with Crippen molar-refractivity contribution in [2.45, 2.75) is 32.8 Å². The normalized spacial score (nSPS) is 14.1. The van der Waals surface area contributed by atoms with Crippen molar-refractivity contribution in [2.75, 3.05) is 13.2 Å². The third-order valence-corrected chi connectivity index (χ3v) is 2.49. The maximum atomic E-state index is 11.8. The summed E-state index contributed by atoms with van der Waals surface area (Å²) >= 11 is 0. The van der Waals surface area contributed by atoms with Gasteiger partial charge in [0.05, 0.1) is 12.2 Å². The van der Waals surface area contributed by atoms with Crippen molar-refractivity contribution in [2.24, 2.45) is 0 Å². The van der Waals surface area contributed by atoms with Gasteiger partial charge < -0.3 is 9.47 Å². The van der Waals surface area contributed by atoms with Gasteiger partial charge in [-0.25, -0.2) is 14.8 Å². The first-order valence-corrected chi connectivity index (χ1v) is 5.67. The Morgan fingerprint density at radius 1 is 1.35 bits per heavy atom. The minimum atomic E-state index is -0.608. The highest BCUT2D eigenvalue weighted by Gasteiger charge is 2.27. The molecule has 1 aromatic rings. The molecule has 94 valence electrons. The summed E-state index contributed by atoms with van der Waals surface area (Å²) in [4.78, 5) is 19.4. The third-order valence-electron chi connectivity index (χ3n) is 2.49. The van der Waals surface area contributed by atoms with Crippen molar-refractivity contribution in [1.82, 2.24) is 9.97 Å². The van der Waals surface area contributed by atoms with Gasteiger partial charge in [0.1, 0.15) is 11.9 Å². The third kappa shape index (κ3) is 4.11. The number of rotatable bonds is 6. The van der Waals surface area contributed by atoms with Gasteiger partial charge in [-0.3, -0.25) is 0 Å². The Kier molecular flexibility index (Phi) is 5.03. The molecule has 0 spiro atoms. The molecule has 0 aliphatic carbocycles. The van der Waals surface area contributed by atoms with Crippen LogP contribution in [0.25, 0.3) is 0 Å². The average Bonchev–Trinajstić information content (AvgIpc) is 2.37. The Labute approximate surface area is 101 Å². The van der Waals surface area contributed by atoms with E-state index in [-0.39, 0.29) is 0 Å². The van der Waals surface area contributed by atoms with E-state index < -0.39 is 11.6 Å². The van der Waals surface area contributed by atoms with Gasteiger partial charge in [-0.15, -0.1) is 0 Å². The molecule has 0 aliphatic heterocycles. The molecule has 0 saturated carbocycles. The van der Waals surface area contributed by atoms with Crippen LogP contribution in [0, 0.1) is 0 Å². The van der Waals surface area contributed by atoms with Gasteiger partial charge in [0.2, 0.25) is 0 Å². The lowest BCUT2D eigenvalue weighted by molar-refractivity contribution is -0.0566. The number of carbonyl (C=O) groups is 1. The monoisotopic (exact) mass is 238 g/mol. The second kappa shape index (κ2) is 6.30. The molecule has 1 aromatic heterocycles. The summed E-state index contributed by atoms with van der Waals surface area (Å²) in [5.74, 6) is -0.422. The van der Waals surface area contributed by atoms with Crippen molar-refractivity contribution in [3.63, 3.8) is 0 Å². The molecule has 5 heteroatoms. The molecule has 1 rings (SSSR count). The summed E-state index contributed by atoms with van der Waals surface area (Å²) in [5.41, 5.74) is -0.258. The van der Waals surface area contributed by atoms with Crippen molar-refractivity contribution in [1.29, 1.82) is 0 Å². The molecule has 0 amide bonds. The number of esters is 1. The summed E-state index contributed by atoms with van der Waals surface area (Å²) in [6, 6.07) is 0. The van der Waals surface area contributed by atoms with Gasteiger partial charge >= 0.3 is 5.97 Å². The summed E-state index contributed by atoms with van der Waals surface area (Å²) < 4.78 is 10.7. The van der Waals surface area contributed by atoms with Crippen molar-refractivity contribution in [3.8, 4) is 0 Å². The fourth-order valence-electron chi connectivity index (χ4n) is 1.21. The molecular weight excluding hydrogens is 220 g/mol. The van der Waals surface area contributed by atoms with Gasteiger partial charge in [-0.05, 0) is 20.3 Å². The summed E-state index contributed by atoms with van der Waals surface area (Å²) in [7, 11) is 0. The first-order valence-electron chi connectivity index (χ1n) is 5.67. The molecule has 17 heavy (non-hydrogen) atoms. The lowest BCUT2D eigenvalue weighted by Crippen LogP contribution is -2.36. The van der Waals surface area contributed by atoms with Gasteiger partial charge in [-0.1, -0.05) is 6.92 Å². The van der Waals surface area contributed by atoms with Crippen molar-refractivity contribution < 1.29 is 14.3 Å². The van der Waals surface area contributed by atoms with E-state index in [0.29, 0.717) is 25.2 Å². The minimum Gasteiger partial charge on any atom is -0.453 e. The summed E-state index contributed by atoms with van der Waals surface area (Å²) in [5, 5.41) is 0. The Balaban J connectivity index is 2.65. The van der Waals surface area contributed by atoms with Gasteiger partial charge in [0.15, 0.2) is 0 Å². The second-order valence-corrected chi connectivity index (χ2v) is 3.96. The quantitative estimate of drug-likeness (QED) is 0.708. The predicted octanol–water partition coefficient (Wildman–Crippen LogP) is 1.84. The zero-order chi connectivity index (χ0) is 12.7. The number of ether oxygens (including phenoxy) is 2. The van der Waals surface area contributed by atoms with Crippen LogP contribution in [0.15, 0.2) is 18.7 Å². The molecule has 0 aromatic carbocycles. The zero-order valence-corrected chi connectivity index (χ0v) is 10.5. The molecule has 0 radical (unpaired) electrons. The standard InChI is InChI=1S/C12H18N2O3/c1-4-12(3,8-16-5-2)17-11(15)10-6-13-9-14-7-10/h6-7,9H,4-5,8H2,1-3H3. The first-order chi connectivity index (χ1) is 8.11. The Hall–Kier alpha value is -1.49. The zero-order valence-electron chi connectivity index (χ0n) is 10.5. The van der Waals surface area contributed by atoms with E-state index in [1.807, 2.05) is 20.8 Å². The second-order valence-electron chi connectivity index (χ2n) is 3.96. The molecule has 1 unspecified atom stereocenters. The van der Waals surface area contributed by atoms with Gasteiger partial charge in [0.25, 0.3) is 0 Å². The molecule has 0 aliphatic rings. The average molecular weight is 238 g/mol. The van der Waals surface area contributed by atoms with E-state index in [2.05, 4.69) is 9.97 Å². The highest BCUT2D eigenvalue weighted by molar-refractivity contribution is 5.88. The van der Waals surface area contributed by atoms with E-state index in [1.165, 1.54) is 18.7 Å². The molecule has 5 nitrogen and oxygen atoms in total. The number of aromatic nitrogens is 2. The molecule has 0 N–H and O–H groups in total. The SMILES string of the molecule is CCOCC(C)(CC)OC(=O)c1cncnc1. The van der Waals surface area contributed by atoms with Gasteiger partial charge in [-0.2, -0.15) is 0 Å². The molecule has 0 fully saturated rings. The summed E-state index contributed by atoms with van der Waals surface area (Å²) in [6.07, 6.45) is 4.93. The van der Waals surface area contributed by atoms with Crippen LogP contribution in [0.2, 0.25) is 0 Å². The van der Waals surface area contributed by atoms with E-state index in [1.54, 1.807) is 0 Å². The molecular formula is C12H18N2O3. The Bertz CT molecular complexity index is 356. The first kappa shape index (κ1) is 13.6. The Morgan fingerprint density at radius 2 is 2.00 bits per heavy atom.